The molecule has 1 aromatic carbocycles. The summed E-state index contributed by atoms with van der Waals surface area (Å²) < 4.78 is 24.2. The second-order valence-electron chi connectivity index (χ2n) is 4.49. The average molecular weight is 253 g/mol. The van der Waals surface area contributed by atoms with Gasteiger partial charge >= 0.3 is 0 Å². The van der Waals surface area contributed by atoms with Crippen LogP contribution in [0.2, 0.25) is 0 Å². The summed E-state index contributed by atoms with van der Waals surface area (Å²) in [5.41, 5.74) is 2.41. The van der Waals surface area contributed by atoms with Crippen molar-refractivity contribution in [2.75, 3.05) is 12.8 Å². The number of sulfone groups is 1. The van der Waals surface area contributed by atoms with E-state index in [0.29, 0.717) is 0 Å². The zero-order chi connectivity index (χ0) is 12.5. The second-order valence-corrected chi connectivity index (χ2v) is 7.00. The summed E-state index contributed by atoms with van der Waals surface area (Å²) in [7, 11) is -1.15. The summed E-state index contributed by atoms with van der Waals surface area (Å²) in [6, 6.07) is 8.05. The Labute approximate surface area is 103 Å². The predicted octanol–water partition coefficient (Wildman–Crippen LogP) is 1.70. The van der Waals surface area contributed by atoms with Crippen LogP contribution in [0.4, 0.5) is 0 Å². The van der Waals surface area contributed by atoms with E-state index >= 15 is 0 Å². The van der Waals surface area contributed by atoms with Crippen molar-refractivity contribution in [2.24, 2.45) is 0 Å². The standard InChI is InChI=1S/C13H19NO2S/c1-3-17(15,16)12-9-8-10-6-4-5-7-11(10)13(12)14-2/h4-7,12-14H,3,8-9H2,1-2H3. The lowest BCUT2D eigenvalue weighted by Gasteiger charge is -2.32. The minimum Gasteiger partial charge on any atom is -0.312 e. The molecule has 1 N–H and O–H groups in total. The van der Waals surface area contributed by atoms with Crippen molar-refractivity contribution >= 4 is 9.84 Å². The van der Waals surface area contributed by atoms with Crippen molar-refractivity contribution in [1.29, 1.82) is 0 Å². The van der Waals surface area contributed by atoms with Crippen molar-refractivity contribution in [3.63, 3.8) is 0 Å². The van der Waals surface area contributed by atoms with Crippen LogP contribution in [0.1, 0.15) is 30.5 Å². The molecule has 0 aliphatic heterocycles. The van der Waals surface area contributed by atoms with E-state index in [9.17, 15) is 8.42 Å². The predicted molar refractivity (Wildman–Crippen MR) is 69.8 cm³/mol. The molecule has 94 valence electrons. The highest BCUT2D eigenvalue weighted by Crippen LogP contribution is 2.33. The molecule has 0 heterocycles. The summed E-state index contributed by atoms with van der Waals surface area (Å²) in [6.45, 7) is 1.72. The van der Waals surface area contributed by atoms with Crippen molar-refractivity contribution in [3.05, 3.63) is 35.4 Å². The largest absolute Gasteiger partial charge is 0.312 e. The van der Waals surface area contributed by atoms with Crippen LogP contribution in [0, 0.1) is 0 Å². The molecule has 4 heteroatoms. The lowest BCUT2D eigenvalue weighted by Crippen LogP contribution is -2.40. The number of fused-ring (bicyclic) bond motifs is 1. The molecule has 0 fully saturated rings. The first-order chi connectivity index (χ1) is 8.10. The third kappa shape index (κ3) is 2.24. The van der Waals surface area contributed by atoms with Gasteiger partial charge in [0.05, 0.1) is 5.25 Å². The van der Waals surface area contributed by atoms with Crippen LogP contribution in [0.3, 0.4) is 0 Å². The molecule has 0 amide bonds. The maximum absolute atomic E-state index is 12.1. The van der Waals surface area contributed by atoms with Gasteiger partial charge in [0, 0.05) is 11.8 Å². The number of hydrogen-bond donors (Lipinski definition) is 1. The lowest BCUT2D eigenvalue weighted by atomic mass is 9.87. The molecule has 0 bridgehead atoms. The van der Waals surface area contributed by atoms with E-state index in [0.717, 1.165) is 18.4 Å². The molecule has 0 aromatic heterocycles. The average Bonchev–Trinajstić information content (AvgIpc) is 2.37. The first kappa shape index (κ1) is 12.6. The zero-order valence-corrected chi connectivity index (χ0v) is 11.1. The summed E-state index contributed by atoms with van der Waals surface area (Å²) in [5, 5.41) is 2.89. The molecule has 2 atom stereocenters. The Morgan fingerprint density at radius 1 is 1.35 bits per heavy atom. The number of rotatable bonds is 3. The molecule has 17 heavy (non-hydrogen) atoms. The fourth-order valence-electron chi connectivity index (χ4n) is 2.67. The lowest BCUT2D eigenvalue weighted by molar-refractivity contribution is 0.476. The highest BCUT2D eigenvalue weighted by Gasteiger charge is 2.36. The molecule has 1 aromatic rings. The molecule has 2 rings (SSSR count). The van der Waals surface area contributed by atoms with Gasteiger partial charge in [-0.2, -0.15) is 0 Å². The summed E-state index contributed by atoms with van der Waals surface area (Å²) >= 11 is 0. The fourth-order valence-corrected chi connectivity index (χ4v) is 4.27. The molecule has 0 radical (unpaired) electrons. The Hall–Kier alpha value is -0.870. The molecule has 1 aliphatic carbocycles. The smallest absolute Gasteiger partial charge is 0.154 e. The topological polar surface area (TPSA) is 46.2 Å². The highest BCUT2D eigenvalue weighted by molar-refractivity contribution is 7.92. The molecule has 0 spiro atoms. The Balaban J connectivity index is 2.43. The molecule has 0 saturated carbocycles. The van der Waals surface area contributed by atoms with Crippen LogP contribution in [-0.2, 0) is 16.3 Å². The maximum Gasteiger partial charge on any atom is 0.154 e. The summed E-state index contributed by atoms with van der Waals surface area (Å²) in [5.74, 6) is 0.220. The molecular weight excluding hydrogens is 234 g/mol. The van der Waals surface area contributed by atoms with Gasteiger partial charge in [-0.05, 0) is 31.0 Å². The van der Waals surface area contributed by atoms with Gasteiger partial charge in [-0.15, -0.1) is 0 Å². The van der Waals surface area contributed by atoms with Crippen LogP contribution in [0.5, 0.6) is 0 Å². The number of aryl methyl sites for hydroxylation is 1. The summed E-state index contributed by atoms with van der Waals surface area (Å²) in [6.07, 6.45) is 1.58. The van der Waals surface area contributed by atoms with Crippen molar-refractivity contribution in [1.82, 2.24) is 5.32 Å². The monoisotopic (exact) mass is 253 g/mol. The third-order valence-electron chi connectivity index (χ3n) is 3.63. The minimum absolute atomic E-state index is 0.0649. The first-order valence-corrected chi connectivity index (χ1v) is 7.78. The number of hydrogen-bond acceptors (Lipinski definition) is 3. The van der Waals surface area contributed by atoms with Gasteiger partial charge in [0.1, 0.15) is 0 Å². The molecule has 2 unspecified atom stereocenters. The van der Waals surface area contributed by atoms with Gasteiger partial charge in [0.15, 0.2) is 9.84 Å². The van der Waals surface area contributed by atoms with E-state index in [1.54, 1.807) is 6.92 Å². The van der Waals surface area contributed by atoms with Crippen LogP contribution in [-0.4, -0.2) is 26.5 Å². The van der Waals surface area contributed by atoms with Crippen LogP contribution < -0.4 is 5.32 Å². The van der Waals surface area contributed by atoms with E-state index in [-0.39, 0.29) is 17.0 Å². The highest BCUT2D eigenvalue weighted by atomic mass is 32.2. The SMILES string of the molecule is CCS(=O)(=O)C1CCc2ccccc2C1NC. The number of benzene rings is 1. The van der Waals surface area contributed by atoms with E-state index in [2.05, 4.69) is 11.4 Å². The number of nitrogens with one attached hydrogen (secondary N) is 1. The van der Waals surface area contributed by atoms with Crippen molar-refractivity contribution < 1.29 is 8.42 Å². The Kier molecular flexibility index (Phi) is 3.54. The van der Waals surface area contributed by atoms with E-state index < -0.39 is 9.84 Å². The third-order valence-corrected chi connectivity index (χ3v) is 5.87. The fraction of sp³-hybridized carbons (Fsp3) is 0.538. The molecule has 3 nitrogen and oxygen atoms in total. The van der Waals surface area contributed by atoms with Gasteiger partial charge in [-0.1, -0.05) is 31.2 Å². The minimum atomic E-state index is -2.99. The quantitative estimate of drug-likeness (QED) is 0.892. The first-order valence-electron chi connectivity index (χ1n) is 6.06. The molecule has 1 aliphatic rings. The van der Waals surface area contributed by atoms with E-state index in [4.69, 9.17) is 0 Å². The van der Waals surface area contributed by atoms with Gasteiger partial charge in [-0.3, -0.25) is 0 Å². The zero-order valence-electron chi connectivity index (χ0n) is 10.3. The second kappa shape index (κ2) is 4.78. The Morgan fingerprint density at radius 3 is 2.71 bits per heavy atom. The van der Waals surface area contributed by atoms with Gasteiger partial charge < -0.3 is 5.32 Å². The molecular formula is C13H19NO2S. The summed E-state index contributed by atoms with van der Waals surface area (Å²) in [4.78, 5) is 0. The van der Waals surface area contributed by atoms with E-state index in [1.807, 2.05) is 25.2 Å². The van der Waals surface area contributed by atoms with Gasteiger partial charge in [0.25, 0.3) is 0 Å². The normalized spacial score (nSPS) is 24.4. The molecule has 0 saturated heterocycles. The Morgan fingerprint density at radius 2 is 2.06 bits per heavy atom. The van der Waals surface area contributed by atoms with Crippen LogP contribution in [0.15, 0.2) is 24.3 Å². The van der Waals surface area contributed by atoms with Crippen molar-refractivity contribution in [2.45, 2.75) is 31.1 Å². The van der Waals surface area contributed by atoms with Crippen LogP contribution in [0.25, 0.3) is 0 Å². The maximum atomic E-state index is 12.1. The van der Waals surface area contributed by atoms with Gasteiger partial charge in [-0.25, -0.2) is 8.42 Å². The van der Waals surface area contributed by atoms with Gasteiger partial charge in [0.2, 0.25) is 0 Å². The Bertz CT molecular complexity index is 496. The van der Waals surface area contributed by atoms with Crippen molar-refractivity contribution in [3.8, 4) is 0 Å². The van der Waals surface area contributed by atoms with Crippen LogP contribution >= 0.6 is 0 Å². The van der Waals surface area contributed by atoms with E-state index in [1.165, 1.54) is 5.56 Å².